The molecule has 7 fully saturated rings. The average Bonchev–Trinajstić information content (AvgIpc) is 3.55. The number of ether oxygens (including phenoxy) is 5. The molecule has 11 heteroatoms. The van der Waals surface area contributed by atoms with Crippen molar-refractivity contribution in [2.45, 2.75) is 166 Å². The van der Waals surface area contributed by atoms with E-state index in [2.05, 4.69) is 33.8 Å². The van der Waals surface area contributed by atoms with Gasteiger partial charge in [-0.05, 0) is 105 Å². The molecule has 0 radical (unpaired) electrons. The van der Waals surface area contributed by atoms with Crippen LogP contribution in [-0.2, 0) is 23.7 Å². The zero-order valence-electron chi connectivity index (χ0n) is 30.5. The fourth-order valence-electron chi connectivity index (χ4n) is 12.9. The minimum Gasteiger partial charge on any atom is -0.394 e. The molecule has 4 saturated heterocycles. The number of fused-ring (bicyclic) bond motifs is 7. The number of hydrogen-bond donors (Lipinski definition) is 6. The van der Waals surface area contributed by atoms with Gasteiger partial charge in [0.2, 0.25) is 0 Å². The minimum atomic E-state index is -1.56. The van der Waals surface area contributed by atoms with Gasteiger partial charge in [0.1, 0.15) is 42.7 Å². The number of aliphatic hydroxyl groups excluding tert-OH is 6. The van der Waals surface area contributed by atoms with E-state index in [1.165, 1.54) is 24.8 Å². The first-order valence-electron chi connectivity index (χ1n) is 19.7. The van der Waals surface area contributed by atoms with Crippen molar-refractivity contribution in [3.05, 3.63) is 11.6 Å². The van der Waals surface area contributed by atoms with Crippen molar-refractivity contribution >= 4 is 0 Å². The number of hydrogen-bond acceptors (Lipinski definition) is 11. The lowest BCUT2D eigenvalue weighted by molar-refractivity contribution is -0.341. The highest BCUT2D eigenvalue weighted by molar-refractivity contribution is 5.27. The van der Waals surface area contributed by atoms with E-state index >= 15 is 0 Å². The first kappa shape index (κ1) is 36.3. The van der Waals surface area contributed by atoms with Gasteiger partial charge in [-0.3, -0.25) is 0 Å². The van der Waals surface area contributed by atoms with Crippen molar-refractivity contribution in [2.75, 3.05) is 13.2 Å². The Hall–Kier alpha value is -0.700. The van der Waals surface area contributed by atoms with Crippen LogP contribution in [0.25, 0.3) is 0 Å². The van der Waals surface area contributed by atoms with Crippen LogP contribution in [0, 0.1) is 52.3 Å². The van der Waals surface area contributed by atoms with E-state index in [-0.39, 0.29) is 22.9 Å². The second kappa shape index (κ2) is 13.0. The van der Waals surface area contributed by atoms with Crippen LogP contribution in [0.5, 0.6) is 0 Å². The Kier molecular flexibility index (Phi) is 9.41. The van der Waals surface area contributed by atoms with Gasteiger partial charge >= 0.3 is 0 Å². The fourth-order valence-corrected chi connectivity index (χ4v) is 12.9. The molecule has 284 valence electrons. The summed E-state index contributed by atoms with van der Waals surface area (Å²) in [5, 5.41) is 63.6. The zero-order chi connectivity index (χ0) is 35.5. The number of allylic oxidation sites excluding steroid dienone is 2. The van der Waals surface area contributed by atoms with Gasteiger partial charge in [0.15, 0.2) is 12.1 Å². The molecule has 0 aromatic carbocycles. The third-order valence-electron chi connectivity index (χ3n) is 15.9. The molecular formula is C39H62O11. The summed E-state index contributed by atoms with van der Waals surface area (Å²) in [5.41, 5.74) is 1.71. The van der Waals surface area contributed by atoms with Gasteiger partial charge in [-0.15, -0.1) is 0 Å². The largest absolute Gasteiger partial charge is 0.394 e. The third-order valence-corrected chi connectivity index (χ3v) is 15.9. The Bertz CT molecular complexity index is 1290. The van der Waals surface area contributed by atoms with Crippen LogP contribution in [0.15, 0.2) is 11.6 Å². The Balaban J connectivity index is 1.00. The van der Waals surface area contributed by atoms with Crippen LogP contribution in [-0.4, -0.2) is 117 Å². The van der Waals surface area contributed by atoms with Crippen molar-refractivity contribution in [1.29, 1.82) is 0 Å². The van der Waals surface area contributed by atoms with E-state index in [0.29, 0.717) is 35.5 Å². The predicted molar refractivity (Wildman–Crippen MR) is 180 cm³/mol. The molecule has 0 aromatic rings. The summed E-state index contributed by atoms with van der Waals surface area (Å²) in [7, 11) is 0. The van der Waals surface area contributed by atoms with E-state index in [0.717, 1.165) is 45.1 Å². The van der Waals surface area contributed by atoms with E-state index in [1.54, 1.807) is 6.92 Å². The smallest absolute Gasteiger partial charge is 0.187 e. The van der Waals surface area contributed by atoms with Crippen molar-refractivity contribution in [2.24, 2.45) is 52.3 Å². The normalized spacial score (nSPS) is 59.3. The van der Waals surface area contributed by atoms with Gasteiger partial charge in [0.25, 0.3) is 0 Å². The van der Waals surface area contributed by atoms with E-state index in [4.69, 9.17) is 23.7 Å². The highest BCUT2D eigenvalue weighted by Gasteiger charge is 2.69. The molecule has 1 unspecified atom stereocenters. The van der Waals surface area contributed by atoms with E-state index < -0.39 is 73.6 Å². The summed E-state index contributed by atoms with van der Waals surface area (Å²) >= 11 is 0. The van der Waals surface area contributed by atoms with Gasteiger partial charge in [-0.2, -0.15) is 0 Å². The van der Waals surface area contributed by atoms with Crippen LogP contribution < -0.4 is 0 Å². The molecule has 6 N–H and O–H groups in total. The lowest BCUT2D eigenvalue weighted by atomic mass is 9.46. The Morgan fingerprint density at radius 1 is 0.860 bits per heavy atom. The molecule has 0 aromatic heterocycles. The summed E-state index contributed by atoms with van der Waals surface area (Å²) in [5.74, 6) is 2.84. The number of aliphatic hydroxyl groups is 6. The van der Waals surface area contributed by atoms with E-state index in [1.807, 2.05) is 0 Å². The van der Waals surface area contributed by atoms with Crippen LogP contribution in [0.1, 0.15) is 92.4 Å². The zero-order valence-corrected chi connectivity index (χ0v) is 30.5. The Morgan fingerprint density at radius 2 is 1.64 bits per heavy atom. The second-order valence-corrected chi connectivity index (χ2v) is 18.4. The summed E-state index contributed by atoms with van der Waals surface area (Å²) in [6.07, 6.45) is -0.0473. The van der Waals surface area contributed by atoms with Gasteiger partial charge in [0.05, 0.1) is 31.5 Å². The summed E-state index contributed by atoms with van der Waals surface area (Å²) in [6.45, 7) is 11.6. The molecule has 8 aliphatic rings. The SMILES string of the molecule is CC1CC[C@@]2(OC1)O[C@H]1C[C@H]3[C@@H]4CC=C5C[C@@H]([C@@H]6O[C@H](CO)[C@@H](O)[C@H](O)[C@H]6O[C@@H]6O[C@@H](C)[C@H](O)[C@@H](O)[C@H]6O)CC[C@]5(C)[C@H]4CC[C@]3(C)[C@H]1[C@H]2C. The maximum Gasteiger partial charge on any atom is 0.187 e. The molecule has 4 aliphatic heterocycles. The Morgan fingerprint density at radius 3 is 2.36 bits per heavy atom. The minimum absolute atomic E-state index is 0.0483. The van der Waals surface area contributed by atoms with Crippen molar-refractivity contribution in [3.8, 4) is 0 Å². The van der Waals surface area contributed by atoms with Gasteiger partial charge in [0, 0.05) is 12.3 Å². The van der Waals surface area contributed by atoms with Gasteiger partial charge in [-0.1, -0.05) is 39.3 Å². The molecule has 0 amide bonds. The summed E-state index contributed by atoms with van der Waals surface area (Å²) in [4.78, 5) is 0. The van der Waals surface area contributed by atoms with Crippen molar-refractivity contribution in [1.82, 2.24) is 0 Å². The lowest BCUT2D eigenvalue weighted by Crippen LogP contribution is -2.65. The van der Waals surface area contributed by atoms with Crippen molar-refractivity contribution in [3.63, 3.8) is 0 Å². The van der Waals surface area contributed by atoms with Crippen LogP contribution >= 0.6 is 0 Å². The van der Waals surface area contributed by atoms with Crippen LogP contribution in [0.2, 0.25) is 0 Å². The topological polar surface area (TPSA) is 168 Å². The highest BCUT2D eigenvalue weighted by Crippen LogP contribution is 2.71. The molecule has 3 saturated carbocycles. The first-order valence-corrected chi connectivity index (χ1v) is 19.7. The highest BCUT2D eigenvalue weighted by atomic mass is 16.7. The van der Waals surface area contributed by atoms with Crippen LogP contribution in [0.3, 0.4) is 0 Å². The molecule has 1 spiro atoms. The monoisotopic (exact) mass is 706 g/mol. The molecule has 8 rings (SSSR count). The molecule has 11 nitrogen and oxygen atoms in total. The molecular weight excluding hydrogens is 644 g/mol. The fraction of sp³-hybridized carbons (Fsp3) is 0.949. The molecule has 0 bridgehead atoms. The summed E-state index contributed by atoms with van der Waals surface area (Å²) in [6, 6.07) is 0. The molecule has 21 atom stereocenters. The quantitative estimate of drug-likeness (QED) is 0.238. The van der Waals surface area contributed by atoms with Gasteiger partial charge in [-0.25, -0.2) is 0 Å². The molecule has 4 heterocycles. The summed E-state index contributed by atoms with van der Waals surface area (Å²) < 4.78 is 31.7. The maximum absolute atomic E-state index is 11.3. The molecule has 50 heavy (non-hydrogen) atoms. The molecule has 4 aliphatic carbocycles. The second-order valence-electron chi connectivity index (χ2n) is 18.4. The maximum atomic E-state index is 11.3. The number of rotatable bonds is 4. The van der Waals surface area contributed by atoms with Crippen LogP contribution in [0.4, 0.5) is 0 Å². The average molecular weight is 707 g/mol. The Labute approximate surface area is 296 Å². The van der Waals surface area contributed by atoms with Gasteiger partial charge < -0.3 is 54.3 Å². The van der Waals surface area contributed by atoms with E-state index in [9.17, 15) is 30.6 Å². The standard InChI is InChI=1S/C39H62O11/c1-18-8-13-39(46-17-18)19(2)28-26(50-39)15-25-23-7-6-22-14-21(9-11-37(22,4)24(23)10-12-38(25,28)5)34-35(32(44)30(42)27(16-40)48-34)49-36-33(45)31(43)29(41)20(3)47-36/h6,18-21,23-36,40-45H,7-17H2,1-5H3/t18?,19-,20+,21+,23-,24+,25+,26+,27-,28+,29+,30-,31-,32+,33-,34+,35-,36+,37+,38+,39-/m1/s1. The third kappa shape index (κ3) is 5.38. The lowest BCUT2D eigenvalue weighted by Gasteiger charge is -2.59. The first-order chi connectivity index (χ1) is 23.7. The predicted octanol–water partition coefficient (Wildman–Crippen LogP) is 2.66. The van der Waals surface area contributed by atoms with Crippen molar-refractivity contribution < 1.29 is 54.3 Å².